The molecule has 2 saturated heterocycles. The second-order valence-corrected chi connectivity index (χ2v) is 7.16. The minimum Gasteiger partial charge on any atom is -0.370 e. The highest BCUT2D eigenvalue weighted by molar-refractivity contribution is 14.0. The van der Waals surface area contributed by atoms with Crippen LogP contribution in [0.3, 0.4) is 0 Å². The summed E-state index contributed by atoms with van der Waals surface area (Å²) in [6.07, 6.45) is 7.21. The van der Waals surface area contributed by atoms with Gasteiger partial charge in [-0.3, -0.25) is 9.89 Å². The first kappa shape index (κ1) is 21.1. The molecule has 2 fully saturated rings. The van der Waals surface area contributed by atoms with E-state index in [1.54, 1.807) is 12.4 Å². The van der Waals surface area contributed by atoms with Crippen LogP contribution in [0.15, 0.2) is 23.5 Å². The van der Waals surface area contributed by atoms with Crippen molar-refractivity contribution in [1.29, 1.82) is 0 Å². The lowest BCUT2D eigenvalue weighted by Gasteiger charge is -2.34. The van der Waals surface area contributed by atoms with Crippen LogP contribution in [0.5, 0.6) is 0 Å². The van der Waals surface area contributed by atoms with E-state index in [-0.39, 0.29) is 24.0 Å². The highest BCUT2D eigenvalue weighted by Gasteiger charge is 2.19. The van der Waals surface area contributed by atoms with Crippen molar-refractivity contribution in [1.82, 2.24) is 19.8 Å². The lowest BCUT2D eigenvalue weighted by atomic mass is 10.0. The van der Waals surface area contributed by atoms with Crippen LogP contribution >= 0.6 is 24.0 Å². The lowest BCUT2D eigenvalue weighted by molar-refractivity contribution is 0.254. The summed E-state index contributed by atoms with van der Waals surface area (Å²) in [5.74, 6) is 2.31. The molecule has 0 bridgehead atoms. The molecular weight excluding hydrogens is 441 g/mol. The van der Waals surface area contributed by atoms with Crippen LogP contribution in [0.2, 0.25) is 0 Å². The molecule has 1 aromatic rings. The summed E-state index contributed by atoms with van der Waals surface area (Å²) in [5.41, 5.74) is 6.15. The number of aromatic nitrogens is 2. The minimum absolute atomic E-state index is 0. The number of hydrogen-bond acceptors (Lipinski definition) is 5. The minimum atomic E-state index is 0. The molecule has 0 amide bonds. The van der Waals surface area contributed by atoms with Gasteiger partial charge in [0.1, 0.15) is 0 Å². The summed E-state index contributed by atoms with van der Waals surface area (Å²) in [7, 11) is 0. The standard InChI is InChI=1S/C18H31N7.HI/c1-16-5-2-10-25(15-16)17(19)20-8-4-9-23-11-13-24(14-12-23)18-21-6-3-7-22-18;/h3,6-7,16H,2,4-5,8-15H2,1H3,(H2,19,20);1H. The summed E-state index contributed by atoms with van der Waals surface area (Å²) in [5, 5.41) is 0. The molecule has 8 heteroatoms. The first-order valence-electron chi connectivity index (χ1n) is 9.51. The van der Waals surface area contributed by atoms with Crippen molar-refractivity contribution < 1.29 is 0 Å². The fourth-order valence-corrected chi connectivity index (χ4v) is 3.61. The number of rotatable bonds is 5. The monoisotopic (exact) mass is 473 g/mol. The lowest BCUT2D eigenvalue weighted by Crippen LogP contribution is -2.47. The number of guanidine groups is 1. The van der Waals surface area contributed by atoms with Crippen LogP contribution in [0.4, 0.5) is 5.95 Å². The normalized spacial score (nSPS) is 22.2. The van der Waals surface area contributed by atoms with Crippen LogP contribution in [0.25, 0.3) is 0 Å². The Kier molecular flexibility index (Phi) is 8.83. The zero-order chi connectivity index (χ0) is 17.5. The van der Waals surface area contributed by atoms with Gasteiger partial charge in [-0.05, 0) is 31.2 Å². The molecule has 146 valence electrons. The van der Waals surface area contributed by atoms with E-state index in [0.717, 1.165) is 76.6 Å². The molecule has 2 aliphatic rings. The highest BCUT2D eigenvalue weighted by atomic mass is 127. The fraction of sp³-hybridized carbons (Fsp3) is 0.722. The average molecular weight is 473 g/mol. The molecule has 7 nitrogen and oxygen atoms in total. The van der Waals surface area contributed by atoms with Gasteiger partial charge in [0.2, 0.25) is 5.95 Å². The van der Waals surface area contributed by atoms with Gasteiger partial charge in [0.15, 0.2) is 5.96 Å². The predicted octanol–water partition coefficient (Wildman–Crippen LogP) is 1.65. The number of hydrogen-bond donors (Lipinski definition) is 1. The Bertz CT molecular complexity index is 546. The van der Waals surface area contributed by atoms with Gasteiger partial charge >= 0.3 is 0 Å². The predicted molar refractivity (Wildman–Crippen MR) is 117 cm³/mol. The Morgan fingerprint density at radius 3 is 2.62 bits per heavy atom. The molecule has 26 heavy (non-hydrogen) atoms. The molecule has 1 atom stereocenters. The van der Waals surface area contributed by atoms with Crippen molar-refractivity contribution in [3.05, 3.63) is 18.5 Å². The third kappa shape index (κ3) is 6.22. The molecule has 0 spiro atoms. The molecular formula is C18H32IN7. The number of likely N-dealkylation sites (tertiary alicyclic amines) is 1. The Labute approximate surface area is 174 Å². The molecule has 0 radical (unpaired) electrons. The summed E-state index contributed by atoms with van der Waals surface area (Å²) < 4.78 is 0. The van der Waals surface area contributed by atoms with Crippen molar-refractivity contribution in [3.63, 3.8) is 0 Å². The number of nitrogens with zero attached hydrogens (tertiary/aromatic N) is 6. The Morgan fingerprint density at radius 1 is 1.19 bits per heavy atom. The van der Waals surface area contributed by atoms with Crippen LogP contribution < -0.4 is 10.6 Å². The van der Waals surface area contributed by atoms with E-state index in [1.165, 1.54) is 12.8 Å². The van der Waals surface area contributed by atoms with Crippen molar-refractivity contribution in [2.45, 2.75) is 26.2 Å². The van der Waals surface area contributed by atoms with Crippen molar-refractivity contribution >= 4 is 35.9 Å². The Balaban J connectivity index is 0.00000243. The van der Waals surface area contributed by atoms with E-state index in [2.05, 4.69) is 36.6 Å². The van der Waals surface area contributed by atoms with Gasteiger partial charge in [-0.1, -0.05) is 6.92 Å². The zero-order valence-corrected chi connectivity index (χ0v) is 18.1. The van der Waals surface area contributed by atoms with E-state index in [4.69, 9.17) is 5.73 Å². The summed E-state index contributed by atoms with van der Waals surface area (Å²) in [6.45, 7) is 10.4. The van der Waals surface area contributed by atoms with Crippen molar-refractivity contribution in [2.24, 2.45) is 16.6 Å². The van der Waals surface area contributed by atoms with Crippen LogP contribution in [-0.4, -0.2) is 78.1 Å². The van der Waals surface area contributed by atoms with Gasteiger partial charge in [0, 0.05) is 64.8 Å². The Morgan fingerprint density at radius 2 is 1.92 bits per heavy atom. The first-order chi connectivity index (χ1) is 12.2. The molecule has 2 aliphatic heterocycles. The van der Waals surface area contributed by atoms with E-state index in [1.807, 2.05) is 6.07 Å². The topological polar surface area (TPSA) is 73.9 Å². The largest absolute Gasteiger partial charge is 0.370 e. The molecule has 0 aliphatic carbocycles. The zero-order valence-electron chi connectivity index (χ0n) is 15.8. The van der Waals surface area contributed by atoms with Crippen molar-refractivity contribution in [3.8, 4) is 0 Å². The van der Waals surface area contributed by atoms with E-state index < -0.39 is 0 Å². The Hall–Kier alpha value is -1.16. The second-order valence-electron chi connectivity index (χ2n) is 7.16. The quantitative estimate of drug-likeness (QED) is 0.304. The third-order valence-corrected chi connectivity index (χ3v) is 5.09. The van der Waals surface area contributed by atoms with Crippen LogP contribution in [0, 0.1) is 5.92 Å². The number of anilines is 1. The van der Waals surface area contributed by atoms with E-state index in [0.29, 0.717) is 0 Å². The molecule has 1 unspecified atom stereocenters. The number of piperazine rings is 1. The summed E-state index contributed by atoms with van der Waals surface area (Å²) in [6, 6.07) is 1.86. The maximum Gasteiger partial charge on any atom is 0.225 e. The average Bonchev–Trinajstić information content (AvgIpc) is 2.66. The molecule has 0 saturated carbocycles. The SMILES string of the molecule is CC1CCCN(C(N)=NCCCN2CCN(c3ncccn3)CC2)C1.I. The number of piperidine rings is 1. The van der Waals surface area contributed by atoms with Gasteiger partial charge < -0.3 is 15.5 Å². The maximum atomic E-state index is 6.15. The fourth-order valence-electron chi connectivity index (χ4n) is 3.61. The van der Waals surface area contributed by atoms with Crippen LogP contribution in [-0.2, 0) is 0 Å². The van der Waals surface area contributed by atoms with E-state index >= 15 is 0 Å². The van der Waals surface area contributed by atoms with Crippen LogP contribution in [0.1, 0.15) is 26.2 Å². The molecule has 3 heterocycles. The van der Waals surface area contributed by atoms with E-state index in [9.17, 15) is 0 Å². The maximum absolute atomic E-state index is 6.15. The summed E-state index contributed by atoms with van der Waals surface area (Å²) in [4.78, 5) is 20.2. The number of aliphatic imine (C=N–C) groups is 1. The van der Waals surface area contributed by atoms with Crippen molar-refractivity contribution in [2.75, 3.05) is 57.3 Å². The molecule has 1 aromatic heterocycles. The summed E-state index contributed by atoms with van der Waals surface area (Å²) >= 11 is 0. The third-order valence-electron chi connectivity index (χ3n) is 5.09. The molecule has 0 aromatic carbocycles. The molecule has 2 N–H and O–H groups in total. The second kappa shape index (κ2) is 10.9. The van der Waals surface area contributed by atoms with Gasteiger partial charge in [0.05, 0.1) is 0 Å². The number of nitrogens with two attached hydrogens (primary N) is 1. The van der Waals surface area contributed by atoms with Gasteiger partial charge in [-0.2, -0.15) is 0 Å². The number of halogens is 1. The molecule has 3 rings (SSSR count). The highest BCUT2D eigenvalue weighted by Crippen LogP contribution is 2.15. The smallest absolute Gasteiger partial charge is 0.225 e. The van der Waals surface area contributed by atoms with Gasteiger partial charge in [-0.25, -0.2) is 9.97 Å². The van der Waals surface area contributed by atoms with Gasteiger partial charge in [-0.15, -0.1) is 24.0 Å². The van der Waals surface area contributed by atoms with Gasteiger partial charge in [0.25, 0.3) is 0 Å². The first-order valence-corrected chi connectivity index (χ1v) is 9.51.